The molecule has 8 heteroatoms. The Morgan fingerprint density at radius 2 is 1.86 bits per heavy atom. The third-order valence-electron chi connectivity index (χ3n) is 2.80. The maximum absolute atomic E-state index is 12.5. The van der Waals surface area contributed by atoms with Crippen LogP contribution in [0.3, 0.4) is 0 Å². The molecule has 2 aromatic rings. The van der Waals surface area contributed by atoms with E-state index >= 15 is 0 Å². The summed E-state index contributed by atoms with van der Waals surface area (Å²) >= 11 is 0. The van der Waals surface area contributed by atoms with Crippen molar-refractivity contribution in [2.75, 3.05) is 0 Å². The summed E-state index contributed by atoms with van der Waals surface area (Å²) in [6, 6.07) is 8.34. The molecule has 21 heavy (non-hydrogen) atoms. The zero-order valence-corrected chi connectivity index (χ0v) is 12.7. The van der Waals surface area contributed by atoms with Crippen LogP contribution < -0.4 is 4.90 Å². The Balaban J connectivity index is 2.51. The highest BCUT2D eigenvalue weighted by molar-refractivity contribution is 7.91. The van der Waals surface area contributed by atoms with Gasteiger partial charge in [0.25, 0.3) is 9.84 Å². The van der Waals surface area contributed by atoms with Crippen LogP contribution in [0.15, 0.2) is 40.0 Å². The zero-order valence-electron chi connectivity index (χ0n) is 11.9. The summed E-state index contributed by atoms with van der Waals surface area (Å²) in [7, 11) is -3.94. The second-order valence-electron chi connectivity index (χ2n) is 4.75. The number of benzene rings is 1. The van der Waals surface area contributed by atoms with Gasteiger partial charge in [0.1, 0.15) is 0 Å². The molecule has 2 rings (SSSR count). The molecule has 0 saturated carbocycles. The molecule has 1 aromatic carbocycles. The number of ether oxygens (including phenoxy) is 1. The normalized spacial score (nSPS) is 13.5. The molecule has 0 N–H and O–H groups in total. The van der Waals surface area contributed by atoms with E-state index in [1.165, 1.54) is 6.92 Å². The molecule has 0 radical (unpaired) electrons. The van der Waals surface area contributed by atoms with Crippen molar-refractivity contribution in [3.63, 3.8) is 0 Å². The average molecular weight is 312 g/mol. The highest BCUT2D eigenvalue weighted by Crippen LogP contribution is 2.26. The monoisotopic (exact) mass is 312 g/mol. The minimum absolute atomic E-state index is 0.0876. The van der Waals surface area contributed by atoms with E-state index in [0.29, 0.717) is 5.56 Å². The summed E-state index contributed by atoms with van der Waals surface area (Å²) in [5.41, 5.74) is -0.871. The molecule has 0 amide bonds. The second-order valence-corrected chi connectivity index (χ2v) is 6.89. The van der Waals surface area contributed by atoms with E-state index < -0.39 is 20.3 Å². The van der Waals surface area contributed by atoms with Crippen molar-refractivity contribution in [2.45, 2.75) is 37.3 Å². The maximum Gasteiger partial charge on any atom is 0.341 e. The maximum atomic E-state index is 12.5. The summed E-state index contributed by atoms with van der Waals surface area (Å²) in [5, 5.41) is 14.7. The third-order valence-corrected chi connectivity index (χ3v) is 4.59. The first-order valence-electron chi connectivity index (χ1n) is 6.38. The molecule has 0 aliphatic rings. The highest BCUT2D eigenvalue weighted by atomic mass is 32.2. The lowest BCUT2D eigenvalue weighted by Gasteiger charge is -2.14. The number of rotatable bonds is 5. The van der Waals surface area contributed by atoms with E-state index in [0.717, 1.165) is 0 Å². The quantitative estimate of drug-likeness (QED) is 0.777. The minimum Gasteiger partial charge on any atom is -0.359 e. The van der Waals surface area contributed by atoms with Crippen molar-refractivity contribution < 1.29 is 22.7 Å². The van der Waals surface area contributed by atoms with E-state index in [1.807, 2.05) is 0 Å². The van der Waals surface area contributed by atoms with Crippen LogP contribution >= 0.6 is 0 Å². The molecule has 0 aliphatic carbocycles. The molecule has 114 valence electrons. The van der Waals surface area contributed by atoms with Gasteiger partial charge in [-0.25, -0.2) is 8.42 Å². The Morgan fingerprint density at radius 3 is 2.43 bits per heavy atom. The Morgan fingerprint density at radius 1 is 1.24 bits per heavy atom. The molecule has 0 spiro atoms. The first-order valence-corrected chi connectivity index (χ1v) is 7.93. The van der Waals surface area contributed by atoms with Crippen LogP contribution in [0.1, 0.15) is 20.8 Å². The third kappa shape index (κ3) is 3.06. The molecule has 0 saturated heterocycles. The molecule has 1 aromatic heterocycles. The molecule has 7 nitrogen and oxygen atoms in total. The first kappa shape index (κ1) is 15.5. The summed E-state index contributed by atoms with van der Waals surface area (Å²) in [5.74, 6) is 0. The fourth-order valence-electron chi connectivity index (χ4n) is 1.86. The molecule has 0 aliphatic heterocycles. The predicted molar refractivity (Wildman–Crippen MR) is 73.8 cm³/mol. The SMILES string of the molecule is CC(C)OC(C)S(=O)(=O)c1no[n+]([O-])c1-c1ccccc1. The van der Waals surface area contributed by atoms with E-state index in [1.54, 1.807) is 44.2 Å². The fourth-order valence-corrected chi connectivity index (χ4v) is 3.14. The molecule has 0 bridgehead atoms. The van der Waals surface area contributed by atoms with E-state index in [2.05, 4.69) is 9.79 Å². The van der Waals surface area contributed by atoms with Crippen LogP contribution in [-0.4, -0.2) is 25.1 Å². The van der Waals surface area contributed by atoms with Gasteiger partial charge in [-0.2, -0.15) is 0 Å². The van der Waals surface area contributed by atoms with Gasteiger partial charge >= 0.3 is 5.03 Å². The standard InChI is InChI=1S/C13H16N2O5S/c1-9(2)19-10(3)21(17,18)13-12(15(16)20-14-13)11-7-5-4-6-8-11/h4-10H,1-3H3. The number of nitrogens with zero attached hydrogens (tertiary/aromatic N) is 2. The number of hydrogen-bond acceptors (Lipinski definition) is 6. The van der Waals surface area contributed by atoms with Crippen LogP contribution in [0.25, 0.3) is 11.3 Å². The largest absolute Gasteiger partial charge is 0.359 e. The Kier molecular flexibility index (Phi) is 4.29. The van der Waals surface area contributed by atoms with Crippen LogP contribution in [0.5, 0.6) is 0 Å². The van der Waals surface area contributed by atoms with Crippen molar-refractivity contribution in [1.29, 1.82) is 0 Å². The molecule has 1 heterocycles. The molecular formula is C13H16N2O5S. The van der Waals surface area contributed by atoms with Gasteiger partial charge < -0.3 is 9.94 Å². The zero-order chi connectivity index (χ0) is 15.6. The van der Waals surface area contributed by atoms with E-state index in [-0.39, 0.29) is 16.7 Å². The fraction of sp³-hybridized carbons (Fsp3) is 0.385. The van der Waals surface area contributed by atoms with Gasteiger partial charge in [0.15, 0.2) is 5.44 Å². The summed E-state index contributed by atoms with van der Waals surface area (Å²) in [6.45, 7) is 4.84. The Bertz CT molecular complexity index is 709. The summed E-state index contributed by atoms with van der Waals surface area (Å²) in [6.07, 6.45) is -0.277. The van der Waals surface area contributed by atoms with Gasteiger partial charge in [0.05, 0.1) is 11.3 Å². The first-order chi connectivity index (χ1) is 9.84. The number of aromatic nitrogens is 2. The van der Waals surface area contributed by atoms with Gasteiger partial charge in [0.2, 0.25) is 5.69 Å². The summed E-state index contributed by atoms with van der Waals surface area (Å²) < 4.78 is 34.7. The lowest BCUT2D eigenvalue weighted by atomic mass is 10.2. The van der Waals surface area contributed by atoms with Gasteiger partial charge in [-0.05, 0) is 25.7 Å². The van der Waals surface area contributed by atoms with Gasteiger partial charge in [0, 0.05) is 5.56 Å². The van der Waals surface area contributed by atoms with E-state index in [4.69, 9.17) is 4.74 Å². The average Bonchev–Trinajstić information content (AvgIpc) is 2.81. The molecule has 1 unspecified atom stereocenters. The van der Waals surface area contributed by atoms with Crippen LogP contribution in [0, 0.1) is 5.21 Å². The van der Waals surface area contributed by atoms with E-state index in [9.17, 15) is 13.6 Å². The summed E-state index contributed by atoms with van der Waals surface area (Å²) in [4.78, 5) is 0.0876. The van der Waals surface area contributed by atoms with Crippen molar-refractivity contribution in [2.24, 2.45) is 0 Å². The highest BCUT2D eigenvalue weighted by Gasteiger charge is 2.38. The lowest BCUT2D eigenvalue weighted by Crippen LogP contribution is -2.29. The number of sulfone groups is 1. The van der Waals surface area contributed by atoms with Crippen molar-refractivity contribution in [3.8, 4) is 11.3 Å². The Labute approximate surface area is 122 Å². The van der Waals surface area contributed by atoms with Crippen molar-refractivity contribution >= 4 is 9.84 Å². The Hall–Kier alpha value is -1.93. The van der Waals surface area contributed by atoms with Crippen LogP contribution in [0.2, 0.25) is 0 Å². The lowest BCUT2D eigenvalue weighted by molar-refractivity contribution is -0.793. The van der Waals surface area contributed by atoms with Gasteiger partial charge in [-0.3, -0.25) is 4.63 Å². The number of hydrogen-bond donors (Lipinski definition) is 0. The van der Waals surface area contributed by atoms with Crippen molar-refractivity contribution in [1.82, 2.24) is 5.16 Å². The second kappa shape index (κ2) is 5.82. The van der Waals surface area contributed by atoms with Crippen LogP contribution in [-0.2, 0) is 14.6 Å². The molecule has 0 fully saturated rings. The molecule has 1 atom stereocenters. The molecular weight excluding hydrogens is 296 g/mol. The smallest absolute Gasteiger partial charge is 0.341 e. The topological polar surface area (TPSA) is 96.3 Å². The predicted octanol–water partition coefficient (Wildman–Crippen LogP) is 1.52. The van der Waals surface area contributed by atoms with Gasteiger partial charge in [-0.1, -0.05) is 30.3 Å². The minimum atomic E-state index is -3.94. The van der Waals surface area contributed by atoms with Crippen LogP contribution in [0.4, 0.5) is 0 Å². The van der Waals surface area contributed by atoms with Gasteiger partial charge in [-0.15, -0.1) is 0 Å². The van der Waals surface area contributed by atoms with Crippen molar-refractivity contribution in [3.05, 3.63) is 35.5 Å².